The molecule has 0 bridgehead atoms. The summed E-state index contributed by atoms with van der Waals surface area (Å²) in [5.41, 5.74) is 1.16. The molecule has 3 heterocycles. The first-order valence-corrected chi connectivity index (χ1v) is 10.4. The number of nitrogens with zero attached hydrogens (tertiary/aromatic N) is 1. The van der Waals surface area contributed by atoms with E-state index in [1.807, 2.05) is 17.5 Å². The van der Waals surface area contributed by atoms with E-state index in [0.29, 0.717) is 14.5 Å². The molecule has 6 rings (SSSR count). The van der Waals surface area contributed by atoms with Crippen LogP contribution >= 0.6 is 11.3 Å². The zero-order valence-corrected chi connectivity index (χ0v) is 15.1. The molecule has 3 aromatic heterocycles. The van der Waals surface area contributed by atoms with Gasteiger partial charge in [0.2, 0.25) is 0 Å². The van der Waals surface area contributed by atoms with E-state index in [0.717, 1.165) is 5.52 Å². The minimum atomic E-state index is 0.396. The molecule has 0 radical (unpaired) electrons. The molecule has 3 aromatic carbocycles. The van der Waals surface area contributed by atoms with Crippen molar-refractivity contribution in [1.82, 2.24) is 4.98 Å². The Kier molecular flexibility index (Phi) is 2.56. The topological polar surface area (TPSA) is 12.9 Å². The number of aromatic nitrogens is 1. The average Bonchev–Trinajstić information content (AvgIpc) is 2.94. The van der Waals surface area contributed by atoms with Crippen molar-refractivity contribution < 1.29 is 0 Å². The Labute approximate surface area is 147 Å². The van der Waals surface area contributed by atoms with Gasteiger partial charge in [-0.1, -0.05) is 0 Å². The van der Waals surface area contributed by atoms with Crippen molar-refractivity contribution in [3.8, 4) is 0 Å². The van der Waals surface area contributed by atoms with E-state index in [1.165, 1.54) is 44.9 Å². The zero-order chi connectivity index (χ0) is 15.7. The molecule has 0 saturated heterocycles. The van der Waals surface area contributed by atoms with Gasteiger partial charge >= 0.3 is 148 Å². The van der Waals surface area contributed by atoms with Crippen LogP contribution in [0.3, 0.4) is 0 Å². The Morgan fingerprint density at radius 1 is 0.750 bits per heavy atom. The molecule has 0 aliphatic carbocycles. The SMILES string of the molecule is c1ccc2cc3c(cc2c1)sc1cccc2[se]c4ccnc3c4c12. The predicted octanol–water partition coefficient (Wildman–Crippen LogP) is 5.97. The summed E-state index contributed by atoms with van der Waals surface area (Å²) in [6.07, 6.45) is 1.98. The molecular weight excluding hydrogens is 377 g/mol. The van der Waals surface area contributed by atoms with Crippen LogP contribution in [0.25, 0.3) is 50.4 Å². The summed E-state index contributed by atoms with van der Waals surface area (Å²) in [5, 5.41) is 6.66. The van der Waals surface area contributed by atoms with Gasteiger partial charge in [-0.05, 0) is 0 Å². The number of pyridine rings is 1. The number of rotatable bonds is 0. The monoisotopic (exact) mass is 389 g/mol. The quantitative estimate of drug-likeness (QED) is 0.292. The molecule has 0 unspecified atom stereocenters. The van der Waals surface area contributed by atoms with Crippen molar-refractivity contribution in [2.24, 2.45) is 0 Å². The van der Waals surface area contributed by atoms with Gasteiger partial charge in [-0.15, -0.1) is 0 Å². The molecule has 0 spiro atoms. The van der Waals surface area contributed by atoms with Crippen molar-refractivity contribution in [2.45, 2.75) is 0 Å². The third kappa shape index (κ3) is 1.67. The molecule has 0 aliphatic rings. The van der Waals surface area contributed by atoms with Crippen LogP contribution in [-0.4, -0.2) is 19.5 Å². The second kappa shape index (κ2) is 4.67. The standard InChI is InChI=1S/C21H11NSSe/c1-2-5-13-11-16-14(10-12(13)4-1)21-20-18(8-9-22-21)24-17-7-3-6-15(23-16)19(17)20/h1-11H. The number of hydrogen-bond acceptors (Lipinski definition) is 2. The van der Waals surface area contributed by atoms with E-state index in [9.17, 15) is 0 Å². The van der Waals surface area contributed by atoms with Crippen LogP contribution < -0.4 is 0 Å². The predicted molar refractivity (Wildman–Crippen MR) is 107 cm³/mol. The van der Waals surface area contributed by atoms with Crippen LogP contribution in [0.4, 0.5) is 0 Å². The van der Waals surface area contributed by atoms with Gasteiger partial charge in [0, 0.05) is 0 Å². The Balaban J connectivity index is 2.04. The third-order valence-corrected chi connectivity index (χ3v) is 8.16. The van der Waals surface area contributed by atoms with Crippen LogP contribution in [0, 0.1) is 0 Å². The van der Waals surface area contributed by atoms with E-state index in [4.69, 9.17) is 4.98 Å². The van der Waals surface area contributed by atoms with E-state index in [2.05, 4.69) is 60.7 Å². The maximum absolute atomic E-state index is 4.82. The molecule has 3 heteroatoms. The summed E-state index contributed by atoms with van der Waals surface area (Å²) < 4.78 is 5.65. The van der Waals surface area contributed by atoms with Crippen LogP contribution in [0.1, 0.15) is 0 Å². The summed E-state index contributed by atoms with van der Waals surface area (Å²) in [4.78, 5) is 4.82. The molecule has 112 valence electrons. The first-order chi connectivity index (χ1) is 11.9. The summed E-state index contributed by atoms with van der Waals surface area (Å²) in [6.45, 7) is 0. The van der Waals surface area contributed by atoms with Gasteiger partial charge in [-0.2, -0.15) is 0 Å². The number of hydrogen-bond donors (Lipinski definition) is 0. The molecule has 0 amide bonds. The van der Waals surface area contributed by atoms with Crippen LogP contribution in [-0.2, 0) is 0 Å². The molecular formula is C21H11NSSe. The van der Waals surface area contributed by atoms with Gasteiger partial charge in [0.25, 0.3) is 0 Å². The van der Waals surface area contributed by atoms with Gasteiger partial charge in [-0.3, -0.25) is 0 Å². The van der Waals surface area contributed by atoms with E-state index in [-0.39, 0.29) is 0 Å². The third-order valence-electron chi connectivity index (χ3n) is 4.69. The summed E-state index contributed by atoms with van der Waals surface area (Å²) in [6, 6.07) is 22.2. The Bertz CT molecular complexity index is 1410. The second-order valence-electron chi connectivity index (χ2n) is 6.06. The van der Waals surface area contributed by atoms with Crippen LogP contribution in [0.2, 0.25) is 0 Å². The van der Waals surface area contributed by atoms with E-state index < -0.39 is 0 Å². The molecule has 0 saturated carbocycles. The molecule has 1 nitrogen and oxygen atoms in total. The first kappa shape index (κ1) is 13.1. The fourth-order valence-electron chi connectivity index (χ4n) is 3.63. The molecule has 0 N–H and O–H groups in total. The second-order valence-corrected chi connectivity index (χ2v) is 9.42. The molecule has 6 aromatic rings. The number of benzene rings is 3. The van der Waals surface area contributed by atoms with Gasteiger partial charge in [0.1, 0.15) is 0 Å². The van der Waals surface area contributed by atoms with E-state index >= 15 is 0 Å². The summed E-state index contributed by atoms with van der Waals surface area (Å²) >= 11 is 2.29. The summed E-state index contributed by atoms with van der Waals surface area (Å²) in [7, 11) is 0. The van der Waals surface area contributed by atoms with Crippen LogP contribution in [0.15, 0.2) is 66.9 Å². The zero-order valence-electron chi connectivity index (χ0n) is 12.6. The van der Waals surface area contributed by atoms with Crippen LogP contribution in [0.5, 0.6) is 0 Å². The van der Waals surface area contributed by atoms with Crippen molar-refractivity contribution in [3.63, 3.8) is 0 Å². The molecule has 24 heavy (non-hydrogen) atoms. The van der Waals surface area contributed by atoms with Gasteiger partial charge < -0.3 is 0 Å². The average molecular weight is 388 g/mol. The normalized spacial score (nSPS) is 12.2. The maximum atomic E-state index is 4.82. The van der Waals surface area contributed by atoms with Gasteiger partial charge in [0.15, 0.2) is 0 Å². The fraction of sp³-hybridized carbons (Fsp3) is 0. The minimum absolute atomic E-state index is 0.396. The summed E-state index contributed by atoms with van der Waals surface area (Å²) in [5.74, 6) is 0. The van der Waals surface area contributed by atoms with Crippen molar-refractivity contribution in [1.29, 1.82) is 0 Å². The van der Waals surface area contributed by atoms with Crippen molar-refractivity contribution >= 4 is 76.2 Å². The Morgan fingerprint density at radius 3 is 2.50 bits per heavy atom. The Hall–Kier alpha value is -2.19. The number of fused-ring (bicyclic) bond motifs is 3. The fourth-order valence-corrected chi connectivity index (χ4v) is 7.29. The molecule has 0 fully saturated rings. The Morgan fingerprint density at radius 2 is 1.58 bits per heavy atom. The van der Waals surface area contributed by atoms with Gasteiger partial charge in [-0.25, -0.2) is 0 Å². The van der Waals surface area contributed by atoms with Crippen molar-refractivity contribution in [2.75, 3.05) is 0 Å². The van der Waals surface area contributed by atoms with E-state index in [1.54, 1.807) is 0 Å². The van der Waals surface area contributed by atoms with Crippen molar-refractivity contribution in [3.05, 3.63) is 66.9 Å². The van der Waals surface area contributed by atoms with Gasteiger partial charge in [0.05, 0.1) is 0 Å². The first-order valence-electron chi connectivity index (χ1n) is 7.90. The molecule has 0 atom stereocenters. The molecule has 0 aliphatic heterocycles.